The Balaban J connectivity index is 2.01. The van der Waals surface area contributed by atoms with Gasteiger partial charge in [0.15, 0.2) is 0 Å². The van der Waals surface area contributed by atoms with Crippen LogP contribution in [0.15, 0.2) is 24.3 Å². The molecule has 0 radical (unpaired) electrons. The second-order valence-electron chi connectivity index (χ2n) is 4.92. The summed E-state index contributed by atoms with van der Waals surface area (Å²) in [5, 5.41) is 12.8. The fraction of sp³-hybridized carbons (Fsp3) is 0.467. The predicted octanol–water partition coefficient (Wildman–Crippen LogP) is 1.79. The van der Waals surface area contributed by atoms with Gasteiger partial charge in [0, 0.05) is 26.1 Å². The predicted molar refractivity (Wildman–Crippen MR) is 75.3 cm³/mol. The van der Waals surface area contributed by atoms with Gasteiger partial charge in [-0.15, -0.1) is 0 Å². The van der Waals surface area contributed by atoms with Gasteiger partial charge in [-0.1, -0.05) is 19.1 Å². The molecule has 0 aromatic heterocycles. The topological polar surface area (TPSA) is 60.9 Å². The number of aromatic carboxylic acids is 1. The molecule has 1 fully saturated rings. The van der Waals surface area contributed by atoms with E-state index in [1.165, 1.54) is 0 Å². The average molecular weight is 276 g/mol. The lowest BCUT2D eigenvalue weighted by atomic mass is 10.1. The third-order valence-corrected chi connectivity index (χ3v) is 3.59. The molecule has 1 aliphatic heterocycles. The van der Waals surface area contributed by atoms with E-state index in [0.717, 1.165) is 25.1 Å². The molecule has 0 unspecified atom stereocenters. The summed E-state index contributed by atoms with van der Waals surface area (Å²) in [4.78, 5) is 22.9. The molecule has 0 saturated carbocycles. The number of carboxylic acid groups (broad SMARTS) is 1. The molecule has 1 amide bonds. The fourth-order valence-electron chi connectivity index (χ4n) is 2.51. The van der Waals surface area contributed by atoms with Gasteiger partial charge in [0.2, 0.25) is 5.91 Å². The molecular weight excluding hydrogens is 256 g/mol. The second kappa shape index (κ2) is 6.52. The lowest BCUT2D eigenvalue weighted by Crippen LogP contribution is -2.51. The van der Waals surface area contributed by atoms with Crippen molar-refractivity contribution in [1.82, 2.24) is 10.0 Å². The van der Waals surface area contributed by atoms with E-state index in [1.54, 1.807) is 23.2 Å². The number of carbonyl (C=O) groups excluding carboxylic acids is 1. The number of nitrogens with zero attached hydrogens (tertiary/aromatic N) is 2. The van der Waals surface area contributed by atoms with Gasteiger partial charge in [0.25, 0.3) is 0 Å². The van der Waals surface area contributed by atoms with Crippen LogP contribution in [0.25, 0.3) is 0 Å². The Morgan fingerprint density at radius 2 is 2.20 bits per heavy atom. The standard InChI is InChI=1S/C15H20N2O3/c1-2-16-9-4-7-14(18)17(16)10-8-12-5-3-6-13(11-12)15(19)20/h3,5-6,11H,2,4,7-10H2,1H3,(H,19,20). The Bertz CT molecular complexity index is 502. The van der Waals surface area contributed by atoms with E-state index in [2.05, 4.69) is 5.01 Å². The zero-order valence-electron chi connectivity index (χ0n) is 11.7. The first kappa shape index (κ1) is 14.5. The summed E-state index contributed by atoms with van der Waals surface area (Å²) in [6, 6.07) is 6.90. The molecule has 108 valence electrons. The Labute approximate surface area is 118 Å². The van der Waals surface area contributed by atoms with E-state index in [9.17, 15) is 9.59 Å². The van der Waals surface area contributed by atoms with Crippen LogP contribution >= 0.6 is 0 Å². The largest absolute Gasteiger partial charge is 0.478 e. The Kier molecular flexibility index (Phi) is 4.74. The normalized spacial score (nSPS) is 16.4. The summed E-state index contributed by atoms with van der Waals surface area (Å²) in [5.41, 5.74) is 1.24. The summed E-state index contributed by atoms with van der Waals surface area (Å²) in [7, 11) is 0. The van der Waals surface area contributed by atoms with Crippen molar-refractivity contribution in [3.8, 4) is 0 Å². The van der Waals surface area contributed by atoms with Crippen molar-refractivity contribution in [2.24, 2.45) is 0 Å². The highest BCUT2D eigenvalue weighted by atomic mass is 16.4. The van der Waals surface area contributed by atoms with E-state index in [1.807, 2.05) is 13.0 Å². The van der Waals surface area contributed by atoms with Crippen molar-refractivity contribution in [2.45, 2.75) is 26.2 Å². The minimum atomic E-state index is -0.920. The number of rotatable bonds is 5. The van der Waals surface area contributed by atoms with Crippen molar-refractivity contribution in [3.05, 3.63) is 35.4 Å². The van der Waals surface area contributed by atoms with Gasteiger partial charge in [-0.2, -0.15) is 0 Å². The highest BCUT2D eigenvalue weighted by molar-refractivity contribution is 5.87. The van der Waals surface area contributed by atoms with Crippen LogP contribution in [0, 0.1) is 0 Å². The molecule has 0 bridgehead atoms. The maximum atomic E-state index is 12.0. The van der Waals surface area contributed by atoms with E-state index >= 15 is 0 Å². The van der Waals surface area contributed by atoms with Crippen LogP contribution in [-0.2, 0) is 11.2 Å². The zero-order chi connectivity index (χ0) is 14.5. The Hall–Kier alpha value is -1.88. The van der Waals surface area contributed by atoms with Gasteiger partial charge in [-0.3, -0.25) is 9.80 Å². The van der Waals surface area contributed by atoms with Crippen molar-refractivity contribution in [3.63, 3.8) is 0 Å². The summed E-state index contributed by atoms with van der Waals surface area (Å²) in [6.07, 6.45) is 2.19. The number of benzene rings is 1. The number of hydrogen-bond acceptors (Lipinski definition) is 3. The quantitative estimate of drug-likeness (QED) is 0.890. The average Bonchev–Trinajstić information content (AvgIpc) is 2.46. The van der Waals surface area contributed by atoms with Crippen LogP contribution in [0.4, 0.5) is 0 Å². The van der Waals surface area contributed by atoms with Crippen molar-refractivity contribution >= 4 is 11.9 Å². The SMILES string of the molecule is CCN1CCCC(=O)N1CCc1cccc(C(=O)O)c1. The maximum absolute atomic E-state index is 12.0. The summed E-state index contributed by atoms with van der Waals surface area (Å²) < 4.78 is 0. The van der Waals surface area contributed by atoms with Gasteiger partial charge in [-0.05, 0) is 30.5 Å². The van der Waals surface area contributed by atoms with E-state index in [-0.39, 0.29) is 5.91 Å². The molecule has 1 aliphatic rings. The number of hydrogen-bond donors (Lipinski definition) is 1. The van der Waals surface area contributed by atoms with Gasteiger partial charge in [-0.25, -0.2) is 9.80 Å². The molecule has 2 rings (SSSR count). The highest BCUT2D eigenvalue weighted by Crippen LogP contribution is 2.14. The molecule has 1 aromatic carbocycles. The molecule has 1 N–H and O–H groups in total. The minimum absolute atomic E-state index is 0.160. The van der Waals surface area contributed by atoms with Gasteiger partial charge < -0.3 is 5.11 Å². The van der Waals surface area contributed by atoms with Crippen LogP contribution in [0.5, 0.6) is 0 Å². The van der Waals surface area contributed by atoms with E-state index < -0.39 is 5.97 Å². The summed E-state index contributed by atoms with van der Waals surface area (Å²) in [5.74, 6) is -0.761. The van der Waals surface area contributed by atoms with Crippen LogP contribution in [0.1, 0.15) is 35.7 Å². The highest BCUT2D eigenvalue weighted by Gasteiger charge is 2.24. The second-order valence-corrected chi connectivity index (χ2v) is 4.92. The molecule has 0 spiro atoms. The molecule has 1 aromatic rings. The van der Waals surface area contributed by atoms with Crippen molar-refractivity contribution in [2.75, 3.05) is 19.6 Å². The molecule has 1 heterocycles. The van der Waals surface area contributed by atoms with Gasteiger partial charge in [0.05, 0.1) is 5.56 Å². The van der Waals surface area contributed by atoms with Gasteiger partial charge in [0.1, 0.15) is 0 Å². The first-order valence-corrected chi connectivity index (χ1v) is 6.99. The minimum Gasteiger partial charge on any atom is -0.478 e. The fourth-order valence-corrected chi connectivity index (χ4v) is 2.51. The molecule has 1 saturated heterocycles. The molecule has 5 heteroatoms. The van der Waals surface area contributed by atoms with E-state index in [4.69, 9.17) is 5.11 Å². The van der Waals surface area contributed by atoms with Crippen LogP contribution in [-0.4, -0.2) is 46.6 Å². The van der Waals surface area contributed by atoms with E-state index in [0.29, 0.717) is 24.9 Å². The third-order valence-electron chi connectivity index (χ3n) is 3.59. The summed E-state index contributed by atoms with van der Waals surface area (Å²) >= 11 is 0. The van der Waals surface area contributed by atoms with Crippen molar-refractivity contribution in [1.29, 1.82) is 0 Å². The van der Waals surface area contributed by atoms with Crippen LogP contribution < -0.4 is 0 Å². The molecular formula is C15H20N2O3. The maximum Gasteiger partial charge on any atom is 0.335 e. The first-order valence-electron chi connectivity index (χ1n) is 6.99. The first-order chi connectivity index (χ1) is 9.61. The molecule has 5 nitrogen and oxygen atoms in total. The third kappa shape index (κ3) is 3.36. The number of amides is 1. The molecule has 0 aliphatic carbocycles. The Morgan fingerprint density at radius 1 is 1.40 bits per heavy atom. The lowest BCUT2D eigenvalue weighted by Gasteiger charge is -2.38. The summed E-state index contributed by atoms with van der Waals surface area (Å²) in [6.45, 7) is 4.38. The number of carbonyl (C=O) groups is 2. The number of carboxylic acids is 1. The zero-order valence-corrected chi connectivity index (χ0v) is 11.7. The smallest absolute Gasteiger partial charge is 0.335 e. The monoisotopic (exact) mass is 276 g/mol. The van der Waals surface area contributed by atoms with Crippen molar-refractivity contribution < 1.29 is 14.7 Å². The number of hydrazine groups is 1. The molecule has 20 heavy (non-hydrogen) atoms. The Morgan fingerprint density at radius 3 is 2.90 bits per heavy atom. The lowest BCUT2D eigenvalue weighted by molar-refractivity contribution is -0.154. The van der Waals surface area contributed by atoms with Crippen LogP contribution in [0.3, 0.4) is 0 Å². The molecule has 0 atom stereocenters. The van der Waals surface area contributed by atoms with Gasteiger partial charge >= 0.3 is 5.97 Å². The van der Waals surface area contributed by atoms with Crippen LogP contribution in [0.2, 0.25) is 0 Å².